The second-order valence-corrected chi connectivity index (χ2v) is 4.54. The number of hydrogen-bond acceptors (Lipinski definition) is 3. The Morgan fingerprint density at radius 2 is 1.89 bits per heavy atom. The highest BCUT2D eigenvalue weighted by Gasteiger charge is 2.07. The number of methoxy groups -OCH3 is 1. The first kappa shape index (κ1) is 13.4. The normalized spacial score (nSPS) is 10.4. The zero-order chi connectivity index (χ0) is 13.7. The van der Waals surface area contributed by atoms with E-state index >= 15 is 0 Å². The van der Waals surface area contributed by atoms with Crippen LogP contribution in [-0.2, 0) is 4.74 Å². The molecule has 0 amide bonds. The predicted molar refractivity (Wildman–Crippen MR) is 81.4 cm³/mol. The number of rotatable bonds is 5. The summed E-state index contributed by atoms with van der Waals surface area (Å²) in [4.78, 5) is 0. The summed E-state index contributed by atoms with van der Waals surface area (Å²) >= 11 is 0. The van der Waals surface area contributed by atoms with E-state index in [1.54, 1.807) is 7.11 Å². The van der Waals surface area contributed by atoms with Crippen molar-refractivity contribution in [1.82, 2.24) is 0 Å². The van der Waals surface area contributed by atoms with Gasteiger partial charge in [-0.3, -0.25) is 0 Å². The summed E-state index contributed by atoms with van der Waals surface area (Å²) in [5.74, 6) is 0. The van der Waals surface area contributed by atoms with Gasteiger partial charge in [0.05, 0.1) is 6.61 Å². The number of ether oxygens (including phenoxy) is 1. The number of nitrogen functional groups attached to an aromatic ring is 1. The van der Waals surface area contributed by atoms with Crippen LogP contribution in [0.4, 0.5) is 11.4 Å². The third-order valence-corrected chi connectivity index (χ3v) is 3.10. The van der Waals surface area contributed by atoms with Gasteiger partial charge in [0, 0.05) is 30.6 Å². The highest BCUT2D eigenvalue weighted by Crippen LogP contribution is 2.32. The predicted octanol–water partition coefficient (Wildman–Crippen LogP) is 3.30. The topological polar surface area (TPSA) is 47.3 Å². The van der Waals surface area contributed by atoms with Gasteiger partial charge in [0.25, 0.3) is 0 Å². The molecule has 0 saturated carbocycles. The maximum Gasteiger partial charge on any atom is 0.0635 e. The first-order chi connectivity index (χ1) is 9.22. The Hall–Kier alpha value is -2.00. The van der Waals surface area contributed by atoms with Gasteiger partial charge in [0.15, 0.2) is 0 Å². The lowest BCUT2D eigenvalue weighted by Gasteiger charge is -2.14. The molecule has 3 N–H and O–H groups in total. The summed E-state index contributed by atoms with van der Waals surface area (Å²) in [6, 6.07) is 14.3. The quantitative estimate of drug-likeness (QED) is 0.637. The summed E-state index contributed by atoms with van der Waals surface area (Å²) in [6.45, 7) is 3.56. The van der Waals surface area contributed by atoms with Crippen LogP contribution < -0.4 is 11.1 Å². The van der Waals surface area contributed by atoms with Crippen LogP contribution in [-0.4, -0.2) is 20.3 Å². The summed E-state index contributed by atoms with van der Waals surface area (Å²) < 4.78 is 5.07. The molecule has 2 rings (SSSR count). The Kier molecular flexibility index (Phi) is 4.42. The number of aryl methyl sites for hydroxylation is 1. The van der Waals surface area contributed by atoms with E-state index in [9.17, 15) is 0 Å². The van der Waals surface area contributed by atoms with Gasteiger partial charge < -0.3 is 15.8 Å². The van der Waals surface area contributed by atoms with E-state index in [0.717, 1.165) is 23.5 Å². The van der Waals surface area contributed by atoms with E-state index in [2.05, 4.69) is 24.4 Å². The summed E-state index contributed by atoms with van der Waals surface area (Å²) in [7, 11) is 1.70. The van der Waals surface area contributed by atoms with Crippen LogP contribution >= 0.6 is 0 Å². The molecule has 0 bridgehead atoms. The minimum atomic E-state index is 0.678. The molecule has 0 atom stereocenters. The molecule has 19 heavy (non-hydrogen) atoms. The number of benzene rings is 2. The summed E-state index contributed by atoms with van der Waals surface area (Å²) in [5, 5.41) is 3.39. The molecule has 0 spiro atoms. The molecule has 0 fully saturated rings. The first-order valence-corrected chi connectivity index (χ1v) is 6.40. The average molecular weight is 256 g/mol. The molecule has 3 heteroatoms. The summed E-state index contributed by atoms with van der Waals surface area (Å²) in [6.07, 6.45) is 0. The van der Waals surface area contributed by atoms with E-state index in [4.69, 9.17) is 10.5 Å². The largest absolute Gasteiger partial charge is 0.399 e. The Labute approximate surface area is 114 Å². The van der Waals surface area contributed by atoms with Crippen LogP contribution in [0, 0.1) is 6.92 Å². The lowest BCUT2D eigenvalue weighted by molar-refractivity contribution is 0.211. The molecule has 0 saturated heterocycles. The maximum atomic E-state index is 5.92. The van der Waals surface area contributed by atoms with Crippen LogP contribution in [0.15, 0.2) is 42.5 Å². The average Bonchev–Trinajstić information content (AvgIpc) is 2.41. The van der Waals surface area contributed by atoms with Gasteiger partial charge >= 0.3 is 0 Å². The molecule has 0 aliphatic carbocycles. The van der Waals surface area contributed by atoms with Crippen molar-refractivity contribution in [3.8, 4) is 11.1 Å². The monoisotopic (exact) mass is 256 g/mol. The van der Waals surface area contributed by atoms with Crippen LogP contribution in [0.2, 0.25) is 0 Å². The van der Waals surface area contributed by atoms with Crippen molar-refractivity contribution in [1.29, 1.82) is 0 Å². The molecule has 2 aromatic carbocycles. The van der Waals surface area contributed by atoms with Crippen molar-refractivity contribution < 1.29 is 4.74 Å². The fourth-order valence-electron chi connectivity index (χ4n) is 2.10. The van der Waals surface area contributed by atoms with E-state index in [1.807, 2.05) is 30.3 Å². The Bertz CT molecular complexity index is 552. The molecule has 0 aromatic heterocycles. The van der Waals surface area contributed by atoms with E-state index in [0.29, 0.717) is 6.61 Å². The maximum absolute atomic E-state index is 5.92. The van der Waals surface area contributed by atoms with Crippen molar-refractivity contribution >= 4 is 11.4 Å². The SMILES string of the molecule is COCCNc1ccc(N)cc1-c1ccccc1C. The standard InChI is InChI=1S/C16H20N2O/c1-12-5-3-4-6-14(12)15-11-13(17)7-8-16(15)18-9-10-19-2/h3-8,11,18H,9-10,17H2,1-2H3. The fourth-order valence-corrected chi connectivity index (χ4v) is 2.10. The Morgan fingerprint density at radius 3 is 2.63 bits per heavy atom. The van der Waals surface area contributed by atoms with E-state index in [1.165, 1.54) is 11.1 Å². The minimum Gasteiger partial charge on any atom is -0.399 e. The smallest absolute Gasteiger partial charge is 0.0635 e. The first-order valence-electron chi connectivity index (χ1n) is 6.40. The third kappa shape index (κ3) is 3.26. The number of hydrogen-bond donors (Lipinski definition) is 2. The van der Waals surface area contributed by atoms with Crippen molar-refractivity contribution in [2.24, 2.45) is 0 Å². The molecule has 0 unspecified atom stereocenters. The second-order valence-electron chi connectivity index (χ2n) is 4.54. The lowest BCUT2D eigenvalue weighted by Crippen LogP contribution is -2.08. The number of nitrogens with one attached hydrogen (secondary N) is 1. The van der Waals surface area contributed by atoms with Crippen molar-refractivity contribution in [2.45, 2.75) is 6.92 Å². The van der Waals surface area contributed by atoms with Crippen LogP contribution in [0.1, 0.15) is 5.56 Å². The van der Waals surface area contributed by atoms with E-state index < -0.39 is 0 Å². The number of nitrogens with two attached hydrogens (primary N) is 1. The highest BCUT2D eigenvalue weighted by atomic mass is 16.5. The fraction of sp³-hybridized carbons (Fsp3) is 0.250. The van der Waals surface area contributed by atoms with Gasteiger partial charge in [-0.15, -0.1) is 0 Å². The second kappa shape index (κ2) is 6.25. The van der Waals surface area contributed by atoms with Gasteiger partial charge in [0.1, 0.15) is 0 Å². The number of anilines is 2. The van der Waals surface area contributed by atoms with Crippen LogP contribution in [0.25, 0.3) is 11.1 Å². The lowest BCUT2D eigenvalue weighted by atomic mass is 9.98. The molecule has 0 radical (unpaired) electrons. The van der Waals surface area contributed by atoms with Gasteiger partial charge in [-0.1, -0.05) is 24.3 Å². The highest BCUT2D eigenvalue weighted by molar-refractivity contribution is 5.82. The third-order valence-electron chi connectivity index (χ3n) is 3.10. The van der Waals surface area contributed by atoms with Crippen molar-refractivity contribution in [3.05, 3.63) is 48.0 Å². The molecular formula is C16H20N2O. The van der Waals surface area contributed by atoms with Crippen LogP contribution in [0.5, 0.6) is 0 Å². The molecular weight excluding hydrogens is 236 g/mol. The molecule has 0 heterocycles. The minimum absolute atomic E-state index is 0.678. The summed E-state index contributed by atoms with van der Waals surface area (Å²) in [5.41, 5.74) is 11.4. The zero-order valence-electron chi connectivity index (χ0n) is 11.4. The van der Waals surface area contributed by atoms with Gasteiger partial charge in [-0.05, 0) is 36.2 Å². The van der Waals surface area contributed by atoms with Crippen LogP contribution in [0.3, 0.4) is 0 Å². The van der Waals surface area contributed by atoms with Gasteiger partial charge in [-0.2, -0.15) is 0 Å². The molecule has 100 valence electrons. The van der Waals surface area contributed by atoms with E-state index in [-0.39, 0.29) is 0 Å². The van der Waals surface area contributed by atoms with Crippen molar-refractivity contribution in [2.75, 3.05) is 31.3 Å². The van der Waals surface area contributed by atoms with Crippen molar-refractivity contribution in [3.63, 3.8) is 0 Å². The van der Waals surface area contributed by atoms with Gasteiger partial charge in [-0.25, -0.2) is 0 Å². The molecule has 3 nitrogen and oxygen atoms in total. The Balaban J connectivity index is 2.37. The molecule has 0 aliphatic heterocycles. The zero-order valence-corrected chi connectivity index (χ0v) is 11.4. The molecule has 0 aliphatic rings. The molecule has 2 aromatic rings. The van der Waals surface area contributed by atoms with Gasteiger partial charge in [0.2, 0.25) is 0 Å². The Morgan fingerprint density at radius 1 is 1.11 bits per heavy atom.